The average Bonchev–Trinajstić information content (AvgIpc) is 3.23. The van der Waals surface area contributed by atoms with Crippen molar-refractivity contribution < 1.29 is 18.0 Å². The fraction of sp³-hybridized carbons (Fsp3) is 0.222. The molecule has 0 radical (unpaired) electrons. The molecule has 11 heteroatoms. The molecule has 0 saturated carbocycles. The Morgan fingerprint density at radius 1 is 1.28 bits per heavy atom. The van der Waals surface area contributed by atoms with Crippen molar-refractivity contribution in [1.82, 2.24) is 15.0 Å². The quantitative estimate of drug-likeness (QED) is 0.575. The smallest absolute Gasteiger partial charge is 0.363 e. The molecule has 0 spiro atoms. The minimum Gasteiger partial charge on any atom is -0.363 e. The lowest BCUT2D eigenvalue weighted by atomic mass is 10.1. The molecule has 1 aliphatic heterocycles. The van der Waals surface area contributed by atoms with Gasteiger partial charge in [0.2, 0.25) is 11.9 Å². The number of aryl methyl sites for hydroxylation is 1. The van der Waals surface area contributed by atoms with Gasteiger partial charge in [0.1, 0.15) is 16.4 Å². The zero-order valence-electron chi connectivity index (χ0n) is 15.1. The number of aromatic nitrogens is 3. The number of amides is 1. The summed E-state index contributed by atoms with van der Waals surface area (Å²) in [6.07, 6.45) is -3.61. The van der Waals surface area contributed by atoms with Crippen LogP contribution in [0.2, 0.25) is 0 Å². The van der Waals surface area contributed by atoms with Gasteiger partial charge in [0.05, 0.1) is 13.0 Å². The van der Waals surface area contributed by atoms with E-state index in [1.54, 1.807) is 18.2 Å². The number of thiazole rings is 1. The molecule has 0 unspecified atom stereocenters. The number of nitrogens with zero attached hydrogens (tertiary/aromatic N) is 3. The van der Waals surface area contributed by atoms with Gasteiger partial charge in [-0.3, -0.25) is 4.79 Å². The molecule has 0 aliphatic carbocycles. The third-order valence-corrected chi connectivity index (χ3v) is 5.12. The van der Waals surface area contributed by atoms with E-state index < -0.39 is 11.7 Å². The Balaban J connectivity index is 1.58. The van der Waals surface area contributed by atoms with Crippen LogP contribution in [0.3, 0.4) is 0 Å². The van der Waals surface area contributed by atoms with Gasteiger partial charge in [0, 0.05) is 28.6 Å². The molecular weight excluding hydrogens is 405 g/mol. The summed E-state index contributed by atoms with van der Waals surface area (Å²) >= 11 is 1.35. The van der Waals surface area contributed by atoms with Crippen LogP contribution >= 0.6 is 11.3 Å². The summed E-state index contributed by atoms with van der Waals surface area (Å²) < 4.78 is 40.0. The zero-order valence-corrected chi connectivity index (χ0v) is 15.9. The monoisotopic (exact) mass is 420 g/mol. The van der Waals surface area contributed by atoms with E-state index in [2.05, 4.69) is 30.9 Å². The summed E-state index contributed by atoms with van der Waals surface area (Å²) in [6, 6.07) is 5.15. The molecule has 150 valence electrons. The maximum atomic E-state index is 13.3. The number of rotatable bonds is 5. The number of fused-ring (bicyclic) bond motifs is 1. The first-order chi connectivity index (χ1) is 13.8. The van der Waals surface area contributed by atoms with Crippen LogP contribution in [0.15, 0.2) is 29.8 Å². The number of benzene rings is 1. The predicted octanol–water partition coefficient (Wildman–Crippen LogP) is 4.11. The van der Waals surface area contributed by atoms with E-state index in [1.807, 2.05) is 12.3 Å². The van der Waals surface area contributed by atoms with E-state index in [-0.39, 0.29) is 30.6 Å². The lowest BCUT2D eigenvalue weighted by Gasteiger charge is -2.14. The number of carbonyl (C=O) groups excluding carboxylic acids is 1. The van der Waals surface area contributed by atoms with Crippen molar-refractivity contribution in [3.8, 4) is 0 Å². The van der Waals surface area contributed by atoms with E-state index in [0.717, 1.165) is 23.1 Å². The molecule has 2 aromatic heterocycles. The molecule has 7 nitrogen and oxygen atoms in total. The highest BCUT2D eigenvalue weighted by Gasteiger charge is 2.35. The minimum atomic E-state index is -4.60. The zero-order chi connectivity index (χ0) is 20.6. The maximum absolute atomic E-state index is 13.3. The van der Waals surface area contributed by atoms with Gasteiger partial charge >= 0.3 is 6.18 Å². The fourth-order valence-electron chi connectivity index (χ4n) is 2.86. The predicted molar refractivity (Wildman–Crippen MR) is 103 cm³/mol. The lowest BCUT2D eigenvalue weighted by molar-refractivity contribution is -0.137. The molecule has 3 heterocycles. The largest absolute Gasteiger partial charge is 0.421 e. The maximum Gasteiger partial charge on any atom is 0.421 e. The topological polar surface area (TPSA) is 91.8 Å². The normalized spacial score (nSPS) is 13.2. The number of carbonyl (C=O) groups is 1. The molecule has 3 aromatic rings. The molecule has 0 atom stereocenters. The Morgan fingerprint density at radius 3 is 2.83 bits per heavy atom. The first-order valence-corrected chi connectivity index (χ1v) is 9.45. The Bertz CT molecular complexity index is 1080. The molecule has 1 aliphatic rings. The van der Waals surface area contributed by atoms with E-state index in [4.69, 9.17) is 0 Å². The standard InChI is InChI=1S/C18H15F3N6OS/c1-9-8-29-15(24-9)7-22-16-12(18(19,20)21)6-23-17(27-16)25-11-2-3-13-10(4-11)5-14(28)26-13/h2-4,6,8H,5,7H2,1H3,(H,26,28)(H2,22,23,25,27). The van der Waals surface area contributed by atoms with Gasteiger partial charge in [0.25, 0.3) is 0 Å². The summed E-state index contributed by atoms with van der Waals surface area (Å²) in [4.78, 5) is 23.5. The highest BCUT2D eigenvalue weighted by molar-refractivity contribution is 7.09. The van der Waals surface area contributed by atoms with Crippen molar-refractivity contribution in [2.24, 2.45) is 0 Å². The fourth-order valence-corrected chi connectivity index (χ4v) is 3.58. The van der Waals surface area contributed by atoms with Crippen LogP contribution in [-0.4, -0.2) is 20.9 Å². The summed E-state index contributed by atoms with van der Waals surface area (Å²) in [5.74, 6) is -0.430. The van der Waals surface area contributed by atoms with Crippen LogP contribution in [0.5, 0.6) is 0 Å². The van der Waals surface area contributed by atoms with Crippen LogP contribution in [0, 0.1) is 6.92 Å². The average molecular weight is 420 g/mol. The van der Waals surface area contributed by atoms with Crippen LogP contribution in [0.4, 0.5) is 36.3 Å². The third-order valence-electron chi connectivity index (χ3n) is 4.15. The van der Waals surface area contributed by atoms with Crippen molar-refractivity contribution in [2.45, 2.75) is 26.1 Å². The summed E-state index contributed by atoms with van der Waals surface area (Å²) in [5, 5.41) is 10.8. The van der Waals surface area contributed by atoms with Crippen molar-refractivity contribution in [1.29, 1.82) is 0 Å². The van der Waals surface area contributed by atoms with Crippen LogP contribution in [0.1, 0.15) is 21.8 Å². The molecule has 1 amide bonds. The third kappa shape index (κ3) is 4.29. The molecule has 0 saturated heterocycles. The van der Waals surface area contributed by atoms with Crippen molar-refractivity contribution >= 4 is 40.4 Å². The van der Waals surface area contributed by atoms with Gasteiger partial charge in [0.15, 0.2) is 0 Å². The number of hydrogen-bond donors (Lipinski definition) is 3. The Kier molecular flexibility index (Phi) is 4.82. The lowest BCUT2D eigenvalue weighted by Crippen LogP contribution is -2.14. The molecule has 0 fully saturated rings. The van der Waals surface area contributed by atoms with Gasteiger partial charge < -0.3 is 16.0 Å². The van der Waals surface area contributed by atoms with Crippen molar-refractivity contribution in [3.63, 3.8) is 0 Å². The minimum absolute atomic E-state index is 0.00746. The first-order valence-electron chi connectivity index (χ1n) is 8.57. The van der Waals surface area contributed by atoms with Crippen molar-refractivity contribution in [3.05, 3.63) is 51.6 Å². The van der Waals surface area contributed by atoms with E-state index >= 15 is 0 Å². The highest BCUT2D eigenvalue weighted by atomic mass is 32.1. The summed E-state index contributed by atoms with van der Waals surface area (Å²) in [5.41, 5.74) is 1.93. The molecule has 4 rings (SSSR count). The van der Waals surface area contributed by atoms with Gasteiger partial charge in [-0.1, -0.05) is 0 Å². The van der Waals surface area contributed by atoms with Crippen LogP contribution in [-0.2, 0) is 23.9 Å². The molecular formula is C18H15F3N6OS. The second-order valence-corrected chi connectivity index (χ2v) is 7.35. The molecule has 1 aromatic carbocycles. The van der Waals surface area contributed by atoms with Gasteiger partial charge in [-0.15, -0.1) is 11.3 Å². The van der Waals surface area contributed by atoms with E-state index in [9.17, 15) is 18.0 Å². The van der Waals surface area contributed by atoms with Gasteiger partial charge in [-0.2, -0.15) is 18.2 Å². The number of hydrogen-bond acceptors (Lipinski definition) is 7. The van der Waals surface area contributed by atoms with Crippen LogP contribution < -0.4 is 16.0 Å². The summed E-state index contributed by atoms with van der Waals surface area (Å²) in [7, 11) is 0. The van der Waals surface area contributed by atoms with Gasteiger partial charge in [-0.05, 0) is 30.7 Å². The second-order valence-electron chi connectivity index (χ2n) is 6.41. The molecule has 0 bridgehead atoms. The van der Waals surface area contributed by atoms with E-state index in [1.165, 1.54) is 11.3 Å². The molecule has 3 N–H and O–H groups in total. The number of alkyl halides is 3. The van der Waals surface area contributed by atoms with Crippen LogP contribution in [0.25, 0.3) is 0 Å². The molecule has 29 heavy (non-hydrogen) atoms. The second kappa shape index (κ2) is 7.32. The first kappa shape index (κ1) is 19.1. The van der Waals surface area contributed by atoms with Gasteiger partial charge in [-0.25, -0.2) is 9.97 Å². The number of anilines is 4. The van der Waals surface area contributed by atoms with Crippen molar-refractivity contribution in [2.75, 3.05) is 16.0 Å². The Hall–Kier alpha value is -3.21. The highest BCUT2D eigenvalue weighted by Crippen LogP contribution is 2.34. The SMILES string of the molecule is Cc1csc(CNc2nc(Nc3ccc4c(c3)CC(=O)N4)ncc2C(F)(F)F)n1. The Labute approximate surface area is 167 Å². The number of halogens is 3. The number of nitrogens with one attached hydrogen (secondary N) is 3. The summed E-state index contributed by atoms with van der Waals surface area (Å²) in [6.45, 7) is 1.93. The Morgan fingerprint density at radius 2 is 2.10 bits per heavy atom. The van der Waals surface area contributed by atoms with E-state index in [0.29, 0.717) is 10.7 Å².